The number of hydrogen-bond acceptors (Lipinski definition) is 8. The number of hydrogen-bond donors (Lipinski definition) is 0. The molecule has 0 amide bonds. The first kappa shape index (κ1) is 24.0. The maximum Gasteiger partial charge on any atom is 0.331 e. The lowest BCUT2D eigenvalue weighted by Gasteiger charge is -2.58. The molecule has 0 aromatic carbocycles. The van der Waals surface area contributed by atoms with Crippen molar-refractivity contribution in [3.8, 4) is 0 Å². The van der Waals surface area contributed by atoms with E-state index >= 15 is 0 Å². The Kier molecular flexibility index (Phi) is 6.00. The van der Waals surface area contributed by atoms with Crippen LogP contribution in [0.1, 0.15) is 46.5 Å². The summed E-state index contributed by atoms with van der Waals surface area (Å²) < 4.78 is 29.7. The number of carbonyl (C=O) groups excluding carboxylic acids is 3. The number of ether oxygens (including phenoxy) is 5. The molecule has 3 aliphatic heterocycles. The Labute approximate surface area is 204 Å². The monoisotopic (exact) mass is 484 g/mol. The van der Waals surface area contributed by atoms with E-state index in [9.17, 15) is 14.4 Å². The SMILES string of the molecule is CC1=C[C@H]2OC3C[C@H]4OC(=O)/C=C/C=C/C(=O)OCC/C(C)=C\C(=O)OC[C@@]2(CC1)[C@]4(C)[C@]31CO1. The van der Waals surface area contributed by atoms with E-state index < -0.39 is 40.4 Å². The highest BCUT2D eigenvalue weighted by molar-refractivity contribution is 5.85. The lowest BCUT2D eigenvalue weighted by atomic mass is 9.51. The van der Waals surface area contributed by atoms with Crippen LogP contribution in [0.2, 0.25) is 0 Å². The van der Waals surface area contributed by atoms with Crippen molar-refractivity contribution in [1.82, 2.24) is 0 Å². The van der Waals surface area contributed by atoms with E-state index in [1.807, 2.05) is 0 Å². The van der Waals surface area contributed by atoms with Crippen LogP contribution in [-0.4, -0.2) is 61.6 Å². The number of carbonyl (C=O) groups is 3. The quantitative estimate of drug-likeness (QED) is 0.224. The van der Waals surface area contributed by atoms with Crippen molar-refractivity contribution in [3.63, 3.8) is 0 Å². The van der Waals surface area contributed by atoms with Gasteiger partial charge in [0, 0.05) is 36.5 Å². The van der Waals surface area contributed by atoms with Gasteiger partial charge in [-0.2, -0.15) is 0 Å². The smallest absolute Gasteiger partial charge is 0.331 e. The first-order valence-electron chi connectivity index (χ1n) is 12.2. The summed E-state index contributed by atoms with van der Waals surface area (Å²) >= 11 is 0. The zero-order valence-electron chi connectivity index (χ0n) is 20.4. The van der Waals surface area contributed by atoms with Gasteiger partial charge in [0.15, 0.2) is 0 Å². The van der Waals surface area contributed by atoms with Crippen molar-refractivity contribution in [2.45, 2.75) is 70.4 Å². The minimum atomic E-state index is -0.613. The van der Waals surface area contributed by atoms with Crippen molar-refractivity contribution in [1.29, 1.82) is 0 Å². The van der Waals surface area contributed by atoms with Crippen LogP contribution in [0, 0.1) is 10.8 Å². The normalized spacial score (nSPS) is 44.9. The van der Waals surface area contributed by atoms with Crippen molar-refractivity contribution in [3.05, 3.63) is 47.6 Å². The molecule has 0 aromatic heterocycles. The molecule has 8 nitrogen and oxygen atoms in total. The van der Waals surface area contributed by atoms with Gasteiger partial charge in [0.25, 0.3) is 0 Å². The summed E-state index contributed by atoms with van der Waals surface area (Å²) in [5.74, 6) is -1.50. The maximum atomic E-state index is 12.8. The molecule has 2 bridgehead atoms. The third-order valence-electron chi connectivity index (χ3n) is 8.63. The minimum absolute atomic E-state index is 0.125. The Balaban J connectivity index is 1.53. The highest BCUT2D eigenvalue weighted by atomic mass is 16.6. The Morgan fingerprint density at radius 3 is 2.37 bits per heavy atom. The summed E-state index contributed by atoms with van der Waals surface area (Å²) in [6, 6.07) is 0. The Morgan fingerprint density at radius 2 is 1.63 bits per heavy atom. The van der Waals surface area contributed by atoms with Gasteiger partial charge in [-0.05, 0) is 26.7 Å². The topological polar surface area (TPSA) is 101 Å². The van der Waals surface area contributed by atoms with Crippen LogP contribution in [0.4, 0.5) is 0 Å². The Hall–Kier alpha value is -2.71. The van der Waals surface area contributed by atoms with Crippen LogP contribution in [0.25, 0.3) is 0 Å². The summed E-state index contributed by atoms with van der Waals surface area (Å²) in [6.45, 7) is 6.77. The summed E-state index contributed by atoms with van der Waals surface area (Å²) in [5.41, 5.74) is 0.194. The highest BCUT2D eigenvalue weighted by Crippen LogP contribution is 2.72. The van der Waals surface area contributed by atoms with E-state index in [1.54, 1.807) is 6.92 Å². The number of cyclic esters (lactones) is 2. The van der Waals surface area contributed by atoms with Crippen LogP contribution < -0.4 is 0 Å². The van der Waals surface area contributed by atoms with Crippen LogP contribution >= 0.6 is 0 Å². The maximum absolute atomic E-state index is 12.8. The lowest BCUT2D eigenvalue weighted by molar-refractivity contribution is -0.232. The second kappa shape index (κ2) is 8.75. The molecule has 1 saturated carbocycles. The van der Waals surface area contributed by atoms with Gasteiger partial charge in [0.1, 0.15) is 18.3 Å². The molecular weight excluding hydrogens is 452 g/mol. The van der Waals surface area contributed by atoms with Crippen molar-refractivity contribution in [2.24, 2.45) is 10.8 Å². The van der Waals surface area contributed by atoms with Gasteiger partial charge in [-0.15, -0.1) is 0 Å². The predicted molar refractivity (Wildman–Crippen MR) is 124 cm³/mol. The zero-order valence-corrected chi connectivity index (χ0v) is 20.4. The van der Waals surface area contributed by atoms with Gasteiger partial charge in [-0.25, -0.2) is 14.4 Å². The van der Waals surface area contributed by atoms with E-state index in [2.05, 4.69) is 19.9 Å². The molecule has 8 heteroatoms. The molecule has 3 heterocycles. The number of esters is 3. The summed E-state index contributed by atoms with van der Waals surface area (Å²) in [7, 11) is 0. The molecule has 35 heavy (non-hydrogen) atoms. The second-order valence-corrected chi connectivity index (χ2v) is 10.5. The van der Waals surface area contributed by atoms with Crippen molar-refractivity contribution < 1.29 is 38.1 Å². The summed E-state index contributed by atoms with van der Waals surface area (Å²) in [4.78, 5) is 37.4. The molecule has 2 aliphatic carbocycles. The van der Waals surface area contributed by atoms with E-state index in [0.717, 1.165) is 18.4 Å². The molecular formula is C27H32O8. The molecule has 0 N–H and O–H groups in total. The van der Waals surface area contributed by atoms with Gasteiger partial charge in [0.2, 0.25) is 0 Å². The molecule has 3 fully saturated rings. The third kappa shape index (κ3) is 3.87. The van der Waals surface area contributed by atoms with Gasteiger partial charge >= 0.3 is 17.9 Å². The fraction of sp³-hybridized carbons (Fsp3) is 0.593. The fourth-order valence-electron chi connectivity index (χ4n) is 6.46. The third-order valence-corrected chi connectivity index (χ3v) is 8.63. The first-order chi connectivity index (χ1) is 16.7. The molecule has 188 valence electrons. The molecule has 5 rings (SSSR count). The largest absolute Gasteiger partial charge is 0.462 e. The predicted octanol–water partition coefficient (Wildman–Crippen LogP) is 3.12. The van der Waals surface area contributed by atoms with Gasteiger partial charge in [0.05, 0.1) is 30.8 Å². The first-order valence-corrected chi connectivity index (χ1v) is 12.2. The van der Waals surface area contributed by atoms with Crippen LogP contribution in [0.3, 0.4) is 0 Å². The van der Waals surface area contributed by atoms with E-state index in [1.165, 1.54) is 36.0 Å². The molecule has 5 aliphatic rings. The van der Waals surface area contributed by atoms with E-state index in [0.29, 0.717) is 19.4 Å². The average molecular weight is 485 g/mol. The fourth-order valence-corrected chi connectivity index (χ4v) is 6.46. The van der Waals surface area contributed by atoms with Crippen LogP contribution in [0.5, 0.6) is 0 Å². The van der Waals surface area contributed by atoms with Gasteiger partial charge in [-0.3, -0.25) is 0 Å². The van der Waals surface area contributed by atoms with Crippen LogP contribution in [-0.2, 0) is 38.1 Å². The van der Waals surface area contributed by atoms with Gasteiger partial charge < -0.3 is 23.7 Å². The minimum Gasteiger partial charge on any atom is -0.462 e. The highest BCUT2D eigenvalue weighted by Gasteiger charge is 2.83. The molecule has 0 aromatic rings. The van der Waals surface area contributed by atoms with Crippen molar-refractivity contribution in [2.75, 3.05) is 19.8 Å². The zero-order chi connectivity index (χ0) is 24.8. The molecule has 0 radical (unpaired) electrons. The molecule has 2 saturated heterocycles. The van der Waals surface area contributed by atoms with Crippen molar-refractivity contribution >= 4 is 17.9 Å². The lowest BCUT2D eigenvalue weighted by Crippen LogP contribution is -2.66. The Bertz CT molecular complexity index is 1050. The molecule has 2 spiro atoms. The summed E-state index contributed by atoms with van der Waals surface area (Å²) in [5, 5.41) is 0. The standard InChI is InChI=1S/C27H32O8/c1-17-8-10-26-15-32-24(30)13-18(2)9-11-31-22(28)6-4-5-7-23(29)35-19-14-21(34-20(26)12-17)27(16-33-27)25(19,26)3/h4-7,12-13,19-21H,8-11,14-16H2,1-3H3/b6-4+,7-5+,18-13-/t19-,20-,21?,25-,26-,27+/m1/s1. The number of epoxide rings is 1. The Morgan fingerprint density at radius 1 is 0.886 bits per heavy atom. The van der Waals surface area contributed by atoms with Crippen LogP contribution in [0.15, 0.2) is 47.6 Å². The number of rotatable bonds is 0. The van der Waals surface area contributed by atoms with Gasteiger partial charge in [-0.1, -0.05) is 36.3 Å². The average Bonchev–Trinajstić information content (AvgIpc) is 3.58. The summed E-state index contributed by atoms with van der Waals surface area (Å²) in [6.07, 6.45) is 10.5. The number of allylic oxidation sites excluding steroid dienone is 3. The molecule has 1 unspecified atom stereocenters. The molecule has 6 atom stereocenters. The second-order valence-electron chi connectivity index (χ2n) is 10.5. The van der Waals surface area contributed by atoms with E-state index in [4.69, 9.17) is 23.7 Å². The van der Waals surface area contributed by atoms with E-state index in [-0.39, 0.29) is 25.4 Å².